The van der Waals surface area contributed by atoms with Crippen molar-refractivity contribution in [2.75, 3.05) is 25.9 Å². The van der Waals surface area contributed by atoms with E-state index in [0.717, 1.165) is 5.56 Å². The number of rotatable bonds is 2. The molecule has 1 fully saturated rings. The van der Waals surface area contributed by atoms with E-state index in [0.29, 0.717) is 12.4 Å². The Morgan fingerprint density at radius 3 is 2.71 bits per heavy atom. The molecule has 0 unspecified atom stereocenters. The normalized spacial score (nSPS) is 16.5. The zero-order chi connectivity index (χ0) is 12.4. The maximum Gasteiger partial charge on any atom is 0.242 e. The Morgan fingerprint density at radius 2 is 2.06 bits per heavy atom. The van der Waals surface area contributed by atoms with Gasteiger partial charge in [-0.1, -0.05) is 6.07 Å². The summed E-state index contributed by atoms with van der Waals surface area (Å²) in [6.45, 7) is 0.659. The Labute approximate surface area is 99.0 Å². The van der Waals surface area contributed by atoms with Gasteiger partial charge in [-0.15, -0.1) is 0 Å². The first-order valence-electron chi connectivity index (χ1n) is 5.28. The smallest absolute Gasteiger partial charge is 0.242 e. The van der Waals surface area contributed by atoms with Crippen LogP contribution in [0.2, 0.25) is 0 Å². The maximum absolute atomic E-state index is 11.7. The second-order valence-corrected chi connectivity index (χ2v) is 4.09. The van der Waals surface area contributed by atoms with Crippen LogP contribution in [0.5, 0.6) is 0 Å². The molecule has 90 valence electrons. The Kier molecular flexibility index (Phi) is 2.95. The van der Waals surface area contributed by atoms with Crippen molar-refractivity contribution in [2.24, 2.45) is 0 Å². The zero-order valence-electron chi connectivity index (χ0n) is 9.59. The second-order valence-electron chi connectivity index (χ2n) is 4.09. The van der Waals surface area contributed by atoms with E-state index in [4.69, 9.17) is 5.73 Å². The predicted octanol–water partition coefficient (Wildman–Crippen LogP) is -0.536. The molecule has 17 heavy (non-hydrogen) atoms. The third-order valence-corrected chi connectivity index (χ3v) is 2.70. The number of amides is 2. The van der Waals surface area contributed by atoms with Crippen molar-refractivity contribution in [1.29, 1.82) is 0 Å². The van der Waals surface area contributed by atoms with Gasteiger partial charge in [-0.05, 0) is 11.6 Å². The number of hydrogen-bond donors (Lipinski definition) is 1. The molecule has 1 saturated heterocycles. The lowest BCUT2D eigenvalue weighted by Gasteiger charge is -2.31. The minimum atomic E-state index is -0.0519. The summed E-state index contributed by atoms with van der Waals surface area (Å²) in [6, 6.07) is 3.48. The van der Waals surface area contributed by atoms with Crippen molar-refractivity contribution >= 4 is 17.6 Å². The highest BCUT2D eigenvalue weighted by atomic mass is 16.2. The molecule has 6 heteroatoms. The summed E-state index contributed by atoms with van der Waals surface area (Å²) < 4.78 is 0. The van der Waals surface area contributed by atoms with Gasteiger partial charge in [0.05, 0.1) is 6.54 Å². The van der Waals surface area contributed by atoms with Gasteiger partial charge >= 0.3 is 0 Å². The fraction of sp³-hybridized carbons (Fsp3) is 0.364. The first-order valence-corrected chi connectivity index (χ1v) is 5.28. The average Bonchev–Trinajstić information content (AvgIpc) is 2.29. The van der Waals surface area contributed by atoms with Crippen LogP contribution in [0.3, 0.4) is 0 Å². The summed E-state index contributed by atoms with van der Waals surface area (Å²) in [4.78, 5) is 30.1. The van der Waals surface area contributed by atoms with Gasteiger partial charge in [-0.25, -0.2) is 4.98 Å². The second kappa shape index (κ2) is 4.40. The van der Waals surface area contributed by atoms with Crippen LogP contribution < -0.4 is 5.73 Å². The molecule has 2 amide bonds. The van der Waals surface area contributed by atoms with Crippen molar-refractivity contribution in [2.45, 2.75) is 6.54 Å². The SMILES string of the molecule is CN1CC(=O)N(Cc2ccc(N)nc2)CC1=O. The number of nitrogens with two attached hydrogens (primary N) is 1. The molecule has 1 aliphatic heterocycles. The van der Waals surface area contributed by atoms with E-state index in [2.05, 4.69) is 4.98 Å². The van der Waals surface area contributed by atoms with Gasteiger partial charge < -0.3 is 15.5 Å². The van der Waals surface area contributed by atoms with Crippen molar-refractivity contribution in [3.8, 4) is 0 Å². The summed E-state index contributed by atoms with van der Waals surface area (Å²) >= 11 is 0. The van der Waals surface area contributed by atoms with Gasteiger partial charge in [0.1, 0.15) is 12.4 Å². The molecule has 1 aromatic heterocycles. The Morgan fingerprint density at radius 1 is 1.29 bits per heavy atom. The first-order chi connectivity index (χ1) is 8.06. The van der Waals surface area contributed by atoms with Crippen LogP contribution in [0.4, 0.5) is 5.82 Å². The Bertz CT molecular complexity index is 443. The molecule has 0 aliphatic carbocycles. The van der Waals surface area contributed by atoms with Gasteiger partial charge in [0, 0.05) is 19.8 Å². The fourth-order valence-electron chi connectivity index (χ4n) is 1.66. The minimum Gasteiger partial charge on any atom is -0.384 e. The molecule has 0 radical (unpaired) electrons. The van der Waals surface area contributed by atoms with Crippen molar-refractivity contribution in [3.63, 3.8) is 0 Å². The third-order valence-electron chi connectivity index (χ3n) is 2.70. The topological polar surface area (TPSA) is 79.5 Å². The van der Waals surface area contributed by atoms with Crippen molar-refractivity contribution < 1.29 is 9.59 Å². The predicted molar refractivity (Wildman–Crippen MR) is 61.7 cm³/mol. The highest BCUT2D eigenvalue weighted by Gasteiger charge is 2.27. The number of nitrogen functional groups attached to an aromatic ring is 1. The van der Waals surface area contributed by atoms with Crippen molar-refractivity contribution in [1.82, 2.24) is 14.8 Å². The van der Waals surface area contributed by atoms with Crippen LogP contribution >= 0.6 is 0 Å². The van der Waals surface area contributed by atoms with Crippen LogP contribution in [0, 0.1) is 0 Å². The molecule has 2 rings (SSSR count). The average molecular weight is 234 g/mol. The molecule has 0 atom stereocenters. The number of pyridine rings is 1. The quantitative estimate of drug-likeness (QED) is 0.745. The number of carbonyl (C=O) groups is 2. The minimum absolute atomic E-state index is 0.0481. The molecular weight excluding hydrogens is 220 g/mol. The monoisotopic (exact) mass is 234 g/mol. The molecule has 2 heterocycles. The van der Waals surface area contributed by atoms with Gasteiger partial charge in [0.25, 0.3) is 0 Å². The highest BCUT2D eigenvalue weighted by molar-refractivity contribution is 5.92. The molecular formula is C11H14N4O2. The molecule has 0 bridgehead atoms. The number of hydrogen-bond acceptors (Lipinski definition) is 4. The lowest BCUT2D eigenvalue weighted by Crippen LogP contribution is -2.51. The van der Waals surface area contributed by atoms with Crippen LogP contribution in [0.1, 0.15) is 5.56 Å². The number of nitrogens with zero attached hydrogens (tertiary/aromatic N) is 3. The van der Waals surface area contributed by atoms with E-state index in [1.165, 1.54) is 9.80 Å². The summed E-state index contributed by atoms with van der Waals surface area (Å²) in [5, 5.41) is 0. The molecule has 1 aromatic rings. The zero-order valence-corrected chi connectivity index (χ0v) is 9.59. The van der Waals surface area contributed by atoms with Gasteiger partial charge in [0.2, 0.25) is 11.8 Å². The highest BCUT2D eigenvalue weighted by Crippen LogP contribution is 2.09. The van der Waals surface area contributed by atoms with E-state index in [9.17, 15) is 9.59 Å². The fourth-order valence-corrected chi connectivity index (χ4v) is 1.66. The number of piperazine rings is 1. The van der Waals surface area contributed by atoms with E-state index >= 15 is 0 Å². The summed E-state index contributed by atoms with van der Waals surface area (Å²) in [5.74, 6) is 0.339. The van der Waals surface area contributed by atoms with E-state index in [1.54, 1.807) is 25.4 Å². The summed E-state index contributed by atoms with van der Waals surface area (Å²) in [5.41, 5.74) is 6.34. The largest absolute Gasteiger partial charge is 0.384 e. The Hall–Kier alpha value is -2.11. The number of likely N-dealkylation sites (N-methyl/N-ethyl adjacent to an activating group) is 1. The third kappa shape index (κ3) is 2.52. The number of carbonyl (C=O) groups excluding carboxylic acids is 2. The lowest BCUT2D eigenvalue weighted by atomic mass is 10.2. The maximum atomic E-state index is 11.7. The molecule has 0 aromatic carbocycles. The lowest BCUT2D eigenvalue weighted by molar-refractivity contribution is -0.149. The number of aromatic nitrogens is 1. The Balaban J connectivity index is 2.06. The van der Waals surface area contributed by atoms with Crippen LogP contribution in [-0.2, 0) is 16.1 Å². The van der Waals surface area contributed by atoms with Gasteiger partial charge in [-0.3, -0.25) is 9.59 Å². The first kappa shape index (κ1) is 11.4. The molecule has 0 saturated carbocycles. The molecule has 1 aliphatic rings. The number of anilines is 1. The van der Waals surface area contributed by atoms with E-state index < -0.39 is 0 Å². The van der Waals surface area contributed by atoms with Gasteiger partial charge in [-0.2, -0.15) is 0 Å². The van der Waals surface area contributed by atoms with Crippen LogP contribution in [0.25, 0.3) is 0 Å². The molecule has 0 spiro atoms. The van der Waals surface area contributed by atoms with E-state index in [-0.39, 0.29) is 24.9 Å². The summed E-state index contributed by atoms with van der Waals surface area (Å²) in [6.07, 6.45) is 1.62. The molecule has 6 nitrogen and oxygen atoms in total. The van der Waals surface area contributed by atoms with Crippen LogP contribution in [0.15, 0.2) is 18.3 Å². The standard InChI is InChI=1S/C11H14N4O2/c1-14-6-11(17)15(7-10(14)16)5-8-2-3-9(12)13-4-8/h2-4H,5-7H2,1H3,(H2,12,13). The van der Waals surface area contributed by atoms with Crippen LogP contribution in [-0.4, -0.2) is 46.7 Å². The summed E-state index contributed by atoms with van der Waals surface area (Å²) in [7, 11) is 1.63. The van der Waals surface area contributed by atoms with Gasteiger partial charge in [0.15, 0.2) is 0 Å². The molecule has 2 N–H and O–H groups in total. The van der Waals surface area contributed by atoms with Crippen molar-refractivity contribution in [3.05, 3.63) is 23.9 Å². The van der Waals surface area contributed by atoms with E-state index in [1.807, 2.05) is 0 Å².